The Bertz CT molecular complexity index is 552. The maximum atomic E-state index is 12.5. The van der Waals surface area contributed by atoms with E-state index in [0.29, 0.717) is 0 Å². The van der Waals surface area contributed by atoms with Crippen molar-refractivity contribution in [3.8, 4) is 0 Å². The highest BCUT2D eigenvalue weighted by Gasteiger charge is 2.29. The van der Waals surface area contributed by atoms with E-state index in [9.17, 15) is 13.2 Å². The average molecular weight is 330 g/mol. The van der Waals surface area contributed by atoms with Crippen molar-refractivity contribution in [1.29, 1.82) is 0 Å². The van der Waals surface area contributed by atoms with Gasteiger partial charge in [0.05, 0.1) is 5.56 Å². The molecule has 0 aliphatic carbocycles. The van der Waals surface area contributed by atoms with Gasteiger partial charge in [-0.2, -0.15) is 13.2 Å². The van der Waals surface area contributed by atoms with Gasteiger partial charge in [-0.15, -0.1) is 12.4 Å². The van der Waals surface area contributed by atoms with Crippen molar-refractivity contribution in [3.63, 3.8) is 0 Å². The molecule has 0 bridgehead atoms. The van der Waals surface area contributed by atoms with Gasteiger partial charge in [0.2, 0.25) is 0 Å². The number of hydrogen-bond donors (Lipinski definition) is 0. The minimum atomic E-state index is -4.26. The summed E-state index contributed by atoms with van der Waals surface area (Å²) in [7, 11) is 2.01. The van der Waals surface area contributed by atoms with Crippen LogP contribution in [0.4, 0.5) is 13.2 Å². The molecule has 0 heterocycles. The lowest BCUT2D eigenvalue weighted by Crippen LogP contribution is -2.20. The first-order chi connectivity index (χ1) is 9.95. The normalized spacial score (nSPS) is 11.3. The van der Waals surface area contributed by atoms with Crippen molar-refractivity contribution in [2.45, 2.75) is 19.1 Å². The molecule has 22 heavy (non-hydrogen) atoms. The molecule has 120 valence electrons. The van der Waals surface area contributed by atoms with Crippen molar-refractivity contribution < 1.29 is 13.2 Å². The highest BCUT2D eigenvalue weighted by atomic mass is 35.5. The number of benzene rings is 2. The van der Waals surface area contributed by atoms with Crippen LogP contribution in [0.2, 0.25) is 0 Å². The predicted octanol–water partition coefficient (Wildman–Crippen LogP) is 4.80. The topological polar surface area (TPSA) is 3.24 Å². The van der Waals surface area contributed by atoms with Gasteiger partial charge in [0.15, 0.2) is 0 Å². The lowest BCUT2D eigenvalue weighted by Gasteiger charge is -2.17. The summed E-state index contributed by atoms with van der Waals surface area (Å²) in [5.41, 5.74) is 1.55. The molecule has 0 amide bonds. The zero-order chi connectivity index (χ0) is 15.3. The number of alkyl halides is 3. The summed E-state index contributed by atoms with van der Waals surface area (Å²) in [6, 6.07) is 15.5. The van der Waals surface area contributed by atoms with E-state index in [2.05, 4.69) is 17.0 Å². The highest BCUT2D eigenvalue weighted by molar-refractivity contribution is 5.85. The maximum Gasteiger partial charge on any atom is 0.416 e. The van der Waals surface area contributed by atoms with Crippen molar-refractivity contribution in [3.05, 3.63) is 71.3 Å². The van der Waals surface area contributed by atoms with Gasteiger partial charge in [-0.1, -0.05) is 42.5 Å². The molecule has 0 radical (unpaired) electrons. The van der Waals surface area contributed by atoms with E-state index < -0.39 is 11.7 Å². The Morgan fingerprint density at radius 2 is 1.45 bits per heavy atom. The van der Waals surface area contributed by atoms with E-state index in [0.717, 1.165) is 37.2 Å². The maximum absolute atomic E-state index is 12.5. The van der Waals surface area contributed by atoms with E-state index in [1.54, 1.807) is 12.1 Å². The van der Waals surface area contributed by atoms with Gasteiger partial charge in [-0.3, -0.25) is 0 Å². The van der Waals surface area contributed by atoms with E-state index in [1.807, 2.05) is 25.2 Å². The van der Waals surface area contributed by atoms with Gasteiger partial charge in [0.25, 0.3) is 0 Å². The number of hydrogen-bond acceptors (Lipinski definition) is 1. The molecule has 1 nitrogen and oxygen atoms in total. The minimum Gasteiger partial charge on any atom is -0.302 e. The van der Waals surface area contributed by atoms with E-state index in [-0.39, 0.29) is 12.4 Å². The van der Waals surface area contributed by atoms with Gasteiger partial charge in [-0.25, -0.2) is 0 Å². The van der Waals surface area contributed by atoms with Crippen LogP contribution in [0.25, 0.3) is 0 Å². The molecule has 5 heteroatoms. The molecular weight excluding hydrogens is 311 g/mol. The average Bonchev–Trinajstić information content (AvgIpc) is 2.46. The quantitative estimate of drug-likeness (QED) is 0.761. The van der Waals surface area contributed by atoms with Gasteiger partial charge in [-0.05, 0) is 36.7 Å². The first kappa shape index (κ1) is 18.5. The molecule has 2 aromatic carbocycles. The smallest absolute Gasteiger partial charge is 0.302 e. The summed E-state index contributed by atoms with van der Waals surface area (Å²) in [5.74, 6) is 0. The Morgan fingerprint density at radius 3 is 2.00 bits per heavy atom. The van der Waals surface area contributed by atoms with Crippen LogP contribution in [0.1, 0.15) is 16.7 Å². The molecule has 0 aromatic heterocycles. The minimum absolute atomic E-state index is 0. The van der Waals surface area contributed by atoms with E-state index in [4.69, 9.17) is 0 Å². The Hall–Kier alpha value is -1.52. The molecular formula is C17H19ClF3N. The SMILES string of the molecule is CN(CCc1ccc(C(F)(F)F)cc1)Cc1ccccc1.Cl. The molecule has 0 fully saturated rings. The summed E-state index contributed by atoms with van der Waals surface area (Å²) in [6.45, 7) is 1.64. The summed E-state index contributed by atoms with van der Waals surface area (Å²) in [5, 5.41) is 0. The second kappa shape index (κ2) is 8.20. The monoisotopic (exact) mass is 329 g/mol. The summed E-state index contributed by atoms with van der Waals surface area (Å²) < 4.78 is 37.4. The lowest BCUT2D eigenvalue weighted by atomic mass is 10.1. The van der Waals surface area contributed by atoms with Crippen LogP contribution < -0.4 is 0 Å². The van der Waals surface area contributed by atoms with Crippen molar-refractivity contribution in [2.75, 3.05) is 13.6 Å². The molecule has 0 aliphatic heterocycles. The fourth-order valence-electron chi connectivity index (χ4n) is 2.15. The highest BCUT2D eigenvalue weighted by Crippen LogP contribution is 2.29. The van der Waals surface area contributed by atoms with Crippen molar-refractivity contribution >= 4 is 12.4 Å². The molecule has 0 saturated carbocycles. The number of halogens is 4. The lowest BCUT2D eigenvalue weighted by molar-refractivity contribution is -0.137. The van der Waals surface area contributed by atoms with Crippen molar-refractivity contribution in [2.24, 2.45) is 0 Å². The Kier molecular flexibility index (Phi) is 6.91. The molecule has 0 atom stereocenters. The van der Waals surface area contributed by atoms with Crippen LogP contribution in [0.15, 0.2) is 54.6 Å². The fraction of sp³-hybridized carbons (Fsp3) is 0.294. The zero-order valence-electron chi connectivity index (χ0n) is 12.3. The second-order valence-electron chi connectivity index (χ2n) is 5.17. The molecule has 0 spiro atoms. The molecule has 2 aromatic rings. The Labute approximate surface area is 135 Å². The van der Waals surface area contributed by atoms with Gasteiger partial charge < -0.3 is 4.90 Å². The molecule has 0 aliphatic rings. The number of rotatable bonds is 5. The Morgan fingerprint density at radius 1 is 0.864 bits per heavy atom. The molecule has 2 rings (SSSR count). The summed E-state index contributed by atoms with van der Waals surface area (Å²) in [6.07, 6.45) is -3.52. The first-order valence-corrected chi connectivity index (χ1v) is 6.84. The second-order valence-corrected chi connectivity index (χ2v) is 5.17. The van der Waals surface area contributed by atoms with Crippen LogP contribution in [-0.2, 0) is 19.1 Å². The molecule has 0 saturated heterocycles. The van der Waals surface area contributed by atoms with Gasteiger partial charge in [0.1, 0.15) is 0 Å². The van der Waals surface area contributed by atoms with E-state index >= 15 is 0 Å². The third-order valence-corrected chi connectivity index (χ3v) is 3.36. The third-order valence-electron chi connectivity index (χ3n) is 3.36. The van der Waals surface area contributed by atoms with Crippen LogP contribution in [0.3, 0.4) is 0 Å². The molecule has 0 N–H and O–H groups in total. The van der Waals surface area contributed by atoms with Crippen LogP contribution in [-0.4, -0.2) is 18.5 Å². The standard InChI is InChI=1S/C17H18F3N.ClH/c1-21(13-15-5-3-2-4-6-15)12-11-14-7-9-16(10-8-14)17(18,19)20;/h2-10H,11-13H2,1H3;1H. The Balaban J connectivity index is 0.00000242. The predicted molar refractivity (Wildman–Crippen MR) is 85.2 cm³/mol. The largest absolute Gasteiger partial charge is 0.416 e. The first-order valence-electron chi connectivity index (χ1n) is 6.84. The van der Waals surface area contributed by atoms with Gasteiger partial charge in [0, 0.05) is 13.1 Å². The summed E-state index contributed by atoms with van der Waals surface area (Å²) in [4.78, 5) is 2.16. The van der Waals surface area contributed by atoms with Crippen LogP contribution >= 0.6 is 12.4 Å². The van der Waals surface area contributed by atoms with Crippen LogP contribution in [0, 0.1) is 0 Å². The third kappa shape index (κ3) is 5.70. The fourth-order valence-corrected chi connectivity index (χ4v) is 2.15. The number of nitrogens with zero attached hydrogens (tertiary/aromatic N) is 1. The van der Waals surface area contributed by atoms with Crippen LogP contribution in [0.5, 0.6) is 0 Å². The molecule has 0 unspecified atom stereocenters. The van der Waals surface area contributed by atoms with Crippen molar-refractivity contribution in [1.82, 2.24) is 4.90 Å². The van der Waals surface area contributed by atoms with Gasteiger partial charge >= 0.3 is 6.18 Å². The summed E-state index contributed by atoms with van der Waals surface area (Å²) >= 11 is 0. The number of likely N-dealkylation sites (N-methyl/N-ethyl adjacent to an activating group) is 1. The zero-order valence-corrected chi connectivity index (χ0v) is 13.1. The van der Waals surface area contributed by atoms with E-state index in [1.165, 1.54) is 5.56 Å².